The summed E-state index contributed by atoms with van der Waals surface area (Å²) in [6.07, 6.45) is -4.59. The van der Waals surface area contributed by atoms with Crippen LogP contribution < -0.4 is 4.74 Å². The predicted octanol–water partition coefficient (Wildman–Crippen LogP) is 5.15. The van der Waals surface area contributed by atoms with E-state index in [9.17, 15) is 37.7 Å². The molecule has 0 saturated carbocycles. The largest absolute Gasteiger partial charge is 0.480 e. The van der Waals surface area contributed by atoms with Gasteiger partial charge in [0.2, 0.25) is 5.92 Å². The van der Waals surface area contributed by atoms with Gasteiger partial charge in [0.05, 0.1) is 15.5 Å². The van der Waals surface area contributed by atoms with E-state index in [-0.39, 0.29) is 35.5 Å². The summed E-state index contributed by atoms with van der Waals surface area (Å²) in [6.45, 7) is 3.11. The van der Waals surface area contributed by atoms with E-state index in [1.54, 1.807) is 6.92 Å². The second-order valence-corrected chi connectivity index (χ2v) is 7.32. The number of alkyl halides is 3. The minimum atomic E-state index is -4.68. The summed E-state index contributed by atoms with van der Waals surface area (Å²) in [5, 5.41) is 29.6. The fraction of sp³-hybridized carbons (Fsp3) is 0.286. The summed E-state index contributed by atoms with van der Waals surface area (Å²) >= 11 is 5.92. The Kier molecular flexibility index (Phi) is 7.88. The van der Waals surface area contributed by atoms with Crippen molar-refractivity contribution in [1.82, 2.24) is 0 Å². The van der Waals surface area contributed by atoms with Crippen molar-refractivity contribution < 1.29 is 47.4 Å². The first-order valence-corrected chi connectivity index (χ1v) is 9.99. The molecule has 0 unspecified atom stereocenters. The zero-order chi connectivity index (χ0) is 26.0. The minimum absolute atomic E-state index is 0.0223. The Balaban J connectivity index is 2.78. The SMILES string of the molecule is CCc1c(Oc2ccc(C(F)(F)F)cc2Cl)cc(C(=O)C(C(=O)O)C(=O)O)c([N+](=O)[O-])c1CC. The van der Waals surface area contributed by atoms with Crippen LogP contribution in [0.15, 0.2) is 24.3 Å². The van der Waals surface area contributed by atoms with Crippen molar-refractivity contribution in [2.75, 3.05) is 0 Å². The van der Waals surface area contributed by atoms with Crippen LogP contribution in [0.3, 0.4) is 0 Å². The van der Waals surface area contributed by atoms with E-state index in [1.165, 1.54) is 6.92 Å². The van der Waals surface area contributed by atoms with E-state index in [4.69, 9.17) is 26.6 Å². The Labute approximate surface area is 194 Å². The number of hydrogen-bond acceptors (Lipinski definition) is 6. The number of nitro benzene ring substituents is 1. The molecule has 2 rings (SSSR count). The van der Waals surface area contributed by atoms with Crippen molar-refractivity contribution in [3.05, 3.63) is 61.7 Å². The van der Waals surface area contributed by atoms with Crippen molar-refractivity contribution >= 4 is 35.0 Å². The standard InChI is InChI=1S/C21H17ClF3NO8/c1-3-10-11(4-2)17(26(32)33)12(18(27)16(19(28)29)20(30)31)8-15(10)34-14-6-5-9(7-13(14)22)21(23,24)25/h5-8,16H,3-4H2,1-2H3,(H,28,29)(H,30,31). The van der Waals surface area contributed by atoms with Crippen LogP contribution in [0.4, 0.5) is 18.9 Å². The molecule has 0 atom stereocenters. The normalized spacial score (nSPS) is 11.4. The first-order valence-electron chi connectivity index (χ1n) is 9.62. The lowest BCUT2D eigenvalue weighted by atomic mass is 9.90. The van der Waals surface area contributed by atoms with Crippen molar-refractivity contribution in [1.29, 1.82) is 0 Å². The third-order valence-corrected chi connectivity index (χ3v) is 5.16. The molecule has 182 valence electrons. The van der Waals surface area contributed by atoms with Gasteiger partial charge in [-0.15, -0.1) is 0 Å². The molecule has 9 nitrogen and oxygen atoms in total. The van der Waals surface area contributed by atoms with Crippen LogP contribution in [0.25, 0.3) is 0 Å². The van der Waals surface area contributed by atoms with Crippen molar-refractivity contribution in [2.45, 2.75) is 32.9 Å². The number of carboxylic acid groups (broad SMARTS) is 2. The quantitative estimate of drug-likeness (QED) is 0.207. The van der Waals surface area contributed by atoms with E-state index in [2.05, 4.69) is 0 Å². The van der Waals surface area contributed by atoms with Crippen molar-refractivity contribution in [3.63, 3.8) is 0 Å². The topological polar surface area (TPSA) is 144 Å². The molecule has 0 aliphatic carbocycles. The average molecular weight is 504 g/mol. The van der Waals surface area contributed by atoms with Crippen LogP contribution in [-0.4, -0.2) is 32.9 Å². The van der Waals surface area contributed by atoms with Crippen LogP contribution >= 0.6 is 11.6 Å². The molecule has 13 heteroatoms. The zero-order valence-electron chi connectivity index (χ0n) is 17.6. The Hall–Kier alpha value is -3.67. The third-order valence-electron chi connectivity index (χ3n) is 4.87. The Morgan fingerprint density at radius 1 is 1.06 bits per heavy atom. The number of ketones is 1. The maximum Gasteiger partial charge on any atom is 0.416 e. The number of nitrogens with zero attached hydrogens (tertiary/aromatic N) is 1. The molecule has 0 spiro atoms. The number of carbonyl (C=O) groups excluding carboxylic acids is 1. The lowest BCUT2D eigenvalue weighted by molar-refractivity contribution is -0.385. The van der Waals surface area contributed by atoms with Gasteiger partial charge < -0.3 is 14.9 Å². The molecule has 2 aromatic rings. The van der Waals surface area contributed by atoms with Gasteiger partial charge in [0.25, 0.3) is 5.69 Å². The maximum absolute atomic E-state index is 12.9. The number of ether oxygens (including phenoxy) is 1. The van der Waals surface area contributed by atoms with Gasteiger partial charge in [-0.05, 0) is 37.1 Å². The summed E-state index contributed by atoms with van der Waals surface area (Å²) in [5.74, 6) is -8.74. The molecule has 0 radical (unpaired) electrons. The maximum atomic E-state index is 12.9. The zero-order valence-corrected chi connectivity index (χ0v) is 18.4. The Morgan fingerprint density at radius 3 is 2.03 bits per heavy atom. The second-order valence-electron chi connectivity index (χ2n) is 6.91. The van der Waals surface area contributed by atoms with Gasteiger partial charge in [-0.1, -0.05) is 25.4 Å². The lowest BCUT2D eigenvalue weighted by Crippen LogP contribution is -2.32. The second kappa shape index (κ2) is 10.1. The van der Waals surface area contributed by atoms with Crippen molar-refractivity contribution in [3.8, 4) is 11.5 Å². The van der Waals surface area contributed by atoms with E-state index in [1.807, 2.05) is 0 Å². The molecule has 34 heavy (non-hydrogen) atoms. The van der Waals surface area contributed by atoms with Crippen LogP contribution in [0, 0.1) is 16.0 Å². The number of carbonyl (C=O) groups is 3. The Bertz CT molecular complexity index is 1170. The lowest BCUT2D eigenvalue weighted by Gasteiger charge is -2.18. The van der Waals surface area contributed by atoms with E-state index < -0.39 is 56.6 Å². The summed E-state index contributed by atoms with van der Waals surface area (Å²) in [6, 6.07) is 3.02. The molecule has 0 heterocycles. The highest BCUT2D eigenvalue weighted by molar-refractivity contribution is 6.32. The summed E-state index contributed by atoms with van der Waals surface area (Å²) in [5.41, 5.74) is -2.47. The fourth-order valence-corrected chi connectivity index (χ4v) is 3.58. The number of aliphatic carboxylic acids is 2. The molecule has 0 bridgehead atoms. The van der Waals surface area contributed by atoms with E-state index in [0.29, 0.717) is 12.1 Å². The molecule has 2 aromatic carbocycles. The van der Waals surface area contributed by atoms with Gasteiger partial charge in [0.15, 0.2) is 5.78 Å². The highest BCUT2D eigenvalue weighted by Gasteiger charge is 2.40. The molecule has 0 aliphatic rings. The van der Waals surface area contributed by atoms with Crippen molar-refractivity contribution in [2.24, 2.45) is 5.92 Å². The number of rotatable bonds is 9. The average Bonchev–Trinajstić information content (AvgIpc) is 2.72. The molecule has 2 N–H and O–H groups in total. The first kappa shape index (κ1) is 26.6. The van der Waals surface area contributed by atoms with Crippen LogP contribution in [0.2, 0.25) is 5.02 Å². The highest BCUT2D eigenvalue weighted by Crippen LogP contribution is 2.41. The van der Waals surface area contributed by atoms with Gasteiger partial charge in [-0.25, -0.2) is 0 Å². The molecule has 0 fully saturated rings. The summed E-state index contributed by atoms with van der Waals surface area (Å²) < 4.78 is 44.3. The van der Waals surface area contributed by atoms with Gasteiger partial charge >= 0.3 is 18.1 Å². The number of Topliss-reactive ketones (excluding diaryl/α,β-unsaturated/α-hetero) is 1. The smallest absolute Gasteiger partial charge is 0.416 e. The molecule has 0 aliphatic heterocycles. The van der Waals surface area contributed by atoms with Crippen LogP contribution in [0.1, 0.15) is 40.9 Å². The van der Waals surface area contributed by atoms with Crippen LogP contribution in [-0.2, 0) is 28.6 Å². The number of carboxylic acids is 2. The van der Waals surface area contributed by atoms with Gasteiger partial charge in [-0.3, -0.25) is 24.5 Å². The van der Waals surface area contributed by atoms with Gasteiger partial charge in [-0.2, -0.15) is 13.2 Å². The van der Waals surface area contributed by atoms with E-state index in [0.717, 1.165) is 12.1 Å². The monoisotopic (exact) mass is 503 g/mol. The molecule has 0 aromatic heterocycles. The van der Waals surface area contributed by atoms with Gasteiger partial charge in [0, 0.05) is 11.1 Å². The molecule has 0 saturated heterocycles. The van der Waals surface area contributed by atoms with E-state index >= 15 is 0 Å². The number of nitro groups is 1. The third kappa shape index (κ3) is 5.28. The summed E-state index contributed by atoms with van der Waals surface area (Å²) in [4.78, 5) is 46.3. The fourth-order valence-electron chi connectivity index (χ4n) is 3.36. The van der Waals surface area contributed by atoms with Crippen LogP contribution in [0.5, 0.6) is 11.5 Å². The Morgan fingerprint density at radius 2 is 1.62 bits per heavy atom. The first-order chi connectivity index (χ1) is 15.7. The predicted molar refractivity (Wildman–Crippen MR) is 111 cm³/mol. The number of halogens is 4. The number of hydrogen-bond donors (Lipinski definition) is 2. The highest BCUT2D eigenvalue weighted by atomic mass is 35.5. The molecular weight excluding hydrogens is 487 g/mol. The number of benzene rings is 2. The molecular formula is C21H17ClF3NO8. The summed E-state index contributed by atoms with van der Waals surface area (Å²) in [7, 11) is 0. The molecule has 0 amide bonds. The minimum Gasteiger partial charge on any atom is -0.480 e. The van der Waals surface area contributed by atoms with Gasteiger partial charge in [0.1, 0.15) is 17.1 Å².